The molecule has 1 aromatic carbocycles. The van der Waals surface area contributed by atoms with Crippen molar-refractivity contribution in [1.82, 2.24) is 20.2 Å². The van der Waals surface area contributed by atoms with Crippen LogP contribution in [0, 0.1) is 0 Å². The summed E-state index contributed by atoms with van der Waals surface area (Å²) < 4.78 is 7.72. The van der Waals surface area contributed by atoms with Crippen molar-refractivity contribution < 1.29 is 4.74 Å². The highest BCUT2D eigenvalue weighted by molar-refractivity contribution is 14.0. The van der Waals surface area contributed by atoms with E-state index in [2.05, 4.69) is 56.4 Å². The minimum absolute atomic E-state index is 0. The molecule has 0 fully saturated rings. The number of nitrogens with one attached hydrogen (secondary N) is 2. The minimum atomic E-state index is 0. The first kappa shape index (κ1) is 23.4. The number of hydrogen-bond acceptors (Lipinski definition) is 3. The molecule has 1 heterocycles. The maximum Gasteiger partial charge on any atom is 0.191 e. The zero-order chi connectivity index (χ0) is 18.5. The molecule has 0 aliphatic rings. The number of ether oxygens (including phenoxy) is 1. The van der Waals surface area contributed by atoms with Crippen molar-refractivity contribution in [3.63, 3.8) is 0 Å². The van der Waals surface area contributed by atoms with E-state index < -0.39 is 0 Å². The first-order valence-electron chi connectivity index (χ1n) is 9.39. The summed E-state index contributed by atoms with van der Waals surface area (Å²) in [5.74, 6) is 1.77. The third-order valence-electron chi connectivity index (χ3n) is 4.04. The Kier molecular flexibility index (Phi) is 12.5. The number of benzene rings is 1. The largest absolute Gasteiger partial charge is 0.381 e. The Hall–Kier alpha value is -1.61. The molecular weight excluding hydrogens is 453 g/mol. The van der Waals surface area contributed by atoms with E-state index in [0.717, 1.165) is 50.9 Å². The Bertz CT molecular complexity index is 645. The van der Waals surface area contributed by atoms with E-state index in [9.17, 15) is 0 Å². The van der Waals surface area contributed by atoms with Gasteiger partial charge in [0.15, 0.2) is 5.96 Å². The second kappa shape index (κ2) is 14.4. The van der Waals surface area contributed by atoms with Crippen LogP contribution in [0.5, 0.6) is 0 Å². The number of aliphatic imine (C=N–C) groups is 1. The molecule has 0 bridgehead atoms. The highest BCUT2D eigenvalue weighted by atomic mass is 127. The average Bonchev–Trinajstić information content (AvgIpc) is 3.11. The zero-order valence-corrected chi connectivity index (χ0v) is 18.7. The van der Waals surface area contributed by atoms with Crippen LogP contribution in [-0.2, 0) is 17.8 Å². The molecule has 0 saturated carbocycles. The fourth-order valence-electron chi connectivity index (χ4n) is 2.54. The van der Waals surface area contributed by atoms with Crippen molar-refractivity contribution in [2.45, 2.75) is 39.3 Å². The lowest BCUT2D eigenvalue weighted by Crippen LogP contribution is -2.38. The second-order valence-electron chi connectivity index (χ2n) is 6.13. The maximum absolute atomic E-state index is 5.57. The maximum atomic E-state index is 5.57. The van der Waals surface area contributed by atoms with Gasteiger partial charge in [0.25, 0.3) is 0 Å². The first-order chi connectivity index (χ1) is 12.8. The van der Waals surface area contributed by atoms with E-state index in [4.69, 9.17) is 4.74 Å². The molecular formula is C20H32IN5O. The van der Waals surface area contributed by atoms with E-state index in [0.29, 0.717) is 6.54 Å². The summed E-state index contributed by atoms with van der Waals surface area (Å²) in [6, 6.07) is 10.4. The molecule has 0 atom stereocenters. The lowest BCUT2D eigenvalue weighted by molar-refractivity contribution is 0.129. The SMILES string of the molecule is CCCCOCCCNC(=NC)NCc1nccn1Cc1ccccc1.I. The van der Waals surface area contributed by atoms with Crippen molar-refractivity contribution in [3.8, 4) is 0 Å². The lowest BCUT2D eigenvalue weighted by Gasteiger charge is -2.13. The van der Waals surface area contributed by atoms with Gasteiger partial charge in [-0.2, -0.15) is 0 Å². The highest BCUT2D eigenvalue weighted by Gasteiger charge is 2.05. The average molecular weight is 485 g/mol. The Labute approximate surface area is 179 Å². The molecule has 0 aliphatic heterocycles. The molecule has 2 rings (SSSR count). The van der Waals surface area contributed by atoms with Crippen LogP contribution >= 0.6 is 24.0 Å². The Morgan fingerprint density at radius 3 is 2.67 bits per heavy atom. The van der Waals surface area contributed by atoms with Crippen LogP contribution in [0.15, 0.2) is 47.7 Å². The predicted octanol–water partition coefficient (Wildman–Crippen LogP) is 3.42. The molecule has 150 valence electrons. The van der Waals surface area contributed by atoms with Gasteiger partial charge in [-0.25, -0.2) is 4.98 Å². The molecule has 6 nitrogen and oxygen atoms in total. The number of rotatable bonds is 11. The summed E-state index contributed by atoms with van der Waals surface area (Å²) in [4.78, 5) is 8.72. The van der Waals surface area contributed by atoms with Crippen LogP contribution in [0.4, 0.5) is 0 Å². The van der Waals surface area contributed by atoms with Gasteiger partial charge in [-0.05, 0) is 18.4 Å². The number of unbranched alkanes of at least 4 members (excludes halogenated alkanes) is 1. The standard InChI is InChI=1S/C20H31N5O.HI/c1-3-4-14-26-15-8-11-23-20(21-2)24-16-19-22-12-13-25(19)17-18-9-6-5-7-10-18;/h5-7,9-10,12-13H,3-4,8,11,14-17H2,1-2H3,(H2,21,23,24);1H. The summed E-state index contributed by atoms with van der Waals surface area (Å²) in [5.41, 5.74) is 1.26. The quantitative estimate of drug-likeness (QED) is 0.222. The van der Waals surface area contributed by atoms with Crippen LogP contribution in [-0.4, -0.2) is 42.3 Å². The fourth-order valence-corrected chi connectivity index (χ4v) is 2.54. The molecule has 2 N–H and O–H groups in total. The predicted molar refractivity (Wildman–Crippen MR) is 122 cm³/mol. The van der Waals surface area contributed by atoms with Crippen LogP contribution in [0.1, 0.15) is 37.6 Å². The smallest absolute Gasteiger partial charge is 0.191 e. The van der Waals surface area contributed by atoms with Gasteiger partial charge in [-0.15, -0.1) is 24.0 Å². The fraction of sp³-hybridized carbons (Fsp3) is 0.500. The summed E-state index contributed by atoms with van der Waals surface area (Å²) >= 11 is 0. The van der Waals surface area contributed by atoms with Gasteiger partial charge in [0, 0.05) is 45.7 Å². The van der Waals surface area contributed by atoms with Gasteiger partial charge in [0.1, 0.15) is 5.82 Å². The lowest BCUT2D eigenvalue weighted by atomic mass is 10.2. The molecule has 1 aromatic heterocycles. The van der Waals surface area contributed by atoms with Gasteiger partial charge < -0.3 is 19.9 Å². The number of nitrogens with zero attached hydrogens (tertiary/aromatic N) is 3. The number of halogens is 1. The zero-order valence-electron chi connectivity index (χ0n) is 16.4. The summed E-state index contributed by atoms with van der Waals surface area (Å²) in [7, 11) is 1.78. The Balaban J connectivity index is 0.00000364. The van der Waals surface area contributed by atoms with Crippen LogP contribution < -0.4 is 10.6 Å². The van der Waals surface area contributed by atoms with Gasteiger partial charge in [0.2, 0.25) is 0 Å². The van der Waals surface area contributed by atoms with Gasteiger partial charge in [0.05, 0.1) is 6.54 Å². The number of imidazole rings is 1. The van der Waals surface area contributed by atoms with E-state index in [1.807, 2.05) is 18.5 Å². The number of guanidine groups is 1. The topological polar surface area (TPSA) is 63.5 Å². The molecule has 0 saturated heterocycles. The van der Waals surface area contributed by atoms with Crippen molar-refractivity contribution in [3.05, 3.63) is 54.1 Å². The molecule has 0 aliphatic carbocycles. The van der Waals surface area contributed by atoms with Crippen molar-refractivity contribution >= 4 is 29.9 Å². The molecule has 7 heteroatoms. The van der Waals surface area contributed by atoms with Crippen LogP contribution in [0.2, 0.25) is 0 Å². The van der Waals surface area contributed by atoms with Crippen molar-refractivity contribution in [2.24, 2.45) is 4.99 Å². The van der Waals surface area contributed by atoms with E-state index in [1.165, 1.54) is 12.0 Å². The number of aromatic nitrogens is 2. The van der Waals surface area contributed by atoms with E-state index in [-0.39, 0.29) is 24.0 Å². The van der Waals surface area contributed by atoms with Crippen LogP contribution in [0.3, 0.4) is 0 Å². The Morgan fingerprint density at radius 2 is 1.93 bits per heavy atom. The summed E-state index contributed by atoms with van der Waals surface area (Å²) in [5, 5.41) is 6.64. The van der Waals surface area contributed by atoms with Crippen molar-refractivity contribution in [1.29, 1.82) is 0 Å². The van der Waals surface area contributed by atoms with E-state index >= 15 is 0 Å². The molecule has 0 unspecified atom stereocenters. The van der Waals surface area contributed by atoms with E-state index in [1.54, 1.807) is 7.05 Å². The third-order valence-corrected chi connectivity index (χ3v) is 4.04. The summed E-state index contributed by atoms with van der Waals surface area (Å²) in [6.45, 7) is 6.10. The monoisotopic (exact) mass is 485 g/mol. The molecule has 27 heavy (non-hydrogen) atoms. The van der Waals surface area contributed by atoms with Crippen molar-refractivity contribution in [2.75, 3.05) is 26.8 Å². The Morgan fingerprint density at radius 1 is 1.15 bits per heavy atom. The minimum Gasteiger partial charge on any atom is -0.381 e. The molecule has 0 radical (unpaired) electrons. The van der Waals surface area contributed by atoms with Gasteiger partial charge >= 0.3 is 0 Å². The van der Waals surface area contributed by atoms with Gasteiger partial charge in [-0.3, -0.25) is 4.99 Å². The highest BCUT2D eigenvalue weighted by Crippen LogP contribution is 2.05. The summed E-state index contributed by atoms with van der Waals surface area (Å²) in [6.07, 6.45) is 7.12. The van der Waals surface area contributed by atoms with Gasteiger partial charge in [-0.1, -0.05) is 43.7 Å². The normalized spacial score (nSPS) is 11.1. The molecule has 0 amide bonds. The second-order valence-corrected chi connectivity index (χ2v) is 6.13. The number of hydrogen-bond donors (Lipinski definition) is 2. The molecule has 0 spiro atoms. The molecule has 2 aromatic rings. The third kappa shape index (κ3) is 9.23. The van der Waals surface area contributed by atoms with Crippen LogP contribution in [0.25, 0.3) is 0 Å². The first-order valence-corrected chi connectivity index (χ1v) is 9.39.